The highest BCUT2D eigenvalue weighted by Gasteiger charge is 2.34. The maximum atomic E-state index is 12.7. The quantitative estimate of drug-likeness (QED) is 0.626. The molecule has 1 amide bonds. The molecule has 0 aliphatic carbocycles. The highest BCUT2D eigenvalue weighted by Crippen LogP contribution is 2.35. The van der Waals surface area contributed by atoms with Crippen LogP contribution in [-0.4, -0.2) is 50.8 Å². The molecule has 1 atom stereocenters. The van der Waals surface area contributed by atoms with Gasteiger partial charge in [-0.15, -0.1) is 0 Å². The van der Waals surface area contributed by atoms with Crippen LogP contribution in [-0.2, 0) is 24.1 Å². The van der Waals surface area contributed by atoms with Gasteiger partial charge in [0, 0.05) is 38.6 Å². The van der Waals surface area contributed by atoms with E-state index in [0.29, 0.717) is 41.8 Å². The second-order valence-electron chi connectivity index (χ2n) is 7.94. The van der Waals surface area contributed by atoms with Gasteiger partial charge in [0.15, 0.2) is 5.82 Å². The number of aromatic nitrogens is 5. The Morgan fingerprint density at radius 3 is 2.55 bits per heavy atom. The van der Waals surface area contributed by atoms with Crippen molar-refractivity contribution >= 4 is 23.4 Å². The molecular weight excluding hydrogens is 437 g/mol. The summed E-state index contributed by atoms with van der Waals surface area (Å²) in [5.74, 6) is 1.07. The molecule has 0 bridgehead atoms. The molecule has 3 aromatic rings. The largest absolute Gasteiger partial charge is 0.433 e. The fourth-order valence-corrected chi connectivity index (χ4v) is 3.65. The van der Waals surface area contributed by atoms with E-state index in [4.69, 9.17) is 0 Å². The fraction of sp³-hybridized carbons (Fsp3) is 0.381. The Hall–Kier alpha value is -3.70. The molecule has 1 aliphatic heterocycles. The van der Waals surface area contributed by atoms with Crippen molar-refractivity contribution in [3.05, 3.63) is 53.2 Å². The summed E-state index contributed by atoms with van der Waals surface area (Å²) in [7, 11) is 3.54. The van der Waals surface area contributed by atoms with Gasteiger partial charge in [0.2, 0.25) is 11.9 Å². The van der Waals surface area contributed by atoms with Crippen molar-refractivity contribution in [2.45, 2.75) is 39.2 Å². The SMILES string of the molecule is Cc1nc(NCc2cnn(Cc3ccc(C(F)(F)F)nc3)c2)nc2c1N(C)C(=O)[C@@H](C)N2C. The average molecular weight is 460 g/mol. The van der Waals surface area contributed by atoms with Crippen LogP contribution in [0.1, 0.15) is 29.4 Å². The van der Waals surface area contributed by atoms with E-state index in [1.54, 1.807) is 29.0 Å². The number of fused-ring (bicyclic) bond motifs is 1. The summed E-state index contributed by atoms with van der Waals surface area (Å²) < 4.78 is 39.6. The molecule has 0 spiro atoms. The number of nitrogens with zero attached hydrogens (tertiary/aromatic N) is 7. The lowest BCUT2D eigenvalue weighted by Crippen LogP contribution is -2.49. The molecule has 0 aromatic carbocycles. The molecule has 4 heterocycles. The Morgan fingerprint density at radius 1 is 1.12 bits per heavy atom. The van der Waals surface area contributed by atoms with Crippen LogP contribution in [0, 0.1) is 6.92 Å². The van der Waals surface area contributed by atoms with Crippen LogP contribution in [0.25, 0.3) is 0 Å². The lowest BCUT2D eigenvalue weighted by atomic mass is 10.1. The van der Waals surface area contributed by atoms with E-state index in [2.05, 4.69) is 25.4 Å². The first-order valence-electron chi connectivity index (χ1n) is 10.2. The predicted molar refractivity (Wildman–Crippen MR) is 116 cm³/mol. The van der Waals surface area contributed by atoms with Gasteiger partial charge < -0.3 is 15.1 Å². The zero-order valence-corrected chi connectivity index (χ0v) is 18.6. The van der Waals surface area contributed by atoms with Crippen LogP contribution in [0.4, 0.5) is 30.6 Å². The van der Waals surface area contributed by atoms with Crippen LogP contribution in [0.15, 0.2) is 30.7 Å². The number of alkyl halides is 3. The first-order chi connectivity index (χ1) is 15.5. The Bertz CT molecular complexity index is 1180. The first-order valence-corrected chi connectivity index (χ1v) is 10.2. The van der Waals surface area contributed by atoms with E-state index in [-0.39, 0.29) is 11.9 Å². The van der Waals surface area contributed by atoms with E-state index in [9.17, 15) is 18.0 Å². The molecule has 0 saturated heterocycles. The Labute approximate surface area is 188 Å². The number of amides is 1. The molecule has 174 valence electrons. The third kappa shape index (κ3) is 4.45. The molecule has 1 aliphatic rings. The standard InChI is InChI=1S/C21H23F3N8O/c1-12-17-18(30(3)13(2)19(33)31(17)4)29-20(28-12)26-8-15-9-27-32(11-15)10-14-5-6-16(25-7-14)21(22,23)24/h5-7,9,11,13H,8,10H2,1-4H3,(H,26,28,29)/t13-/m1/s1. The number of likely N-dealkylation sites (N-methyl/N-ethyl adjacent to an activating group) is 2. The average Bonchev–Trinajstić information content (AvgIpc) is 3.21. The number of hydrogen-bond donors (Lipinski definition) is 1. The number of halogens is 3. The van der Waals surface area contributed by atoms with Gasteiger partial charge in [-0.3, -0.25) is 14.5 Å². The minimum Gasteiger partial charge on any atom is -0.350 e. The molecule has 33 heavy (non-hydrogen) atoms. The van der Waals surface area contributed by atoms with Gasteiger partial charge in [-0.05, 0) is 25.5 Å². The van der Waals surface area contributed by atoms with Crippen molar-refractivity contribution in [3.63, 3.8) is 0 Å². The van der Waals surface area contributed by atoms with Crippen LogP contribution >= 0.6 is 0 Å². The van der Waals surface area contributed by atoms with Crippen molar-refractivity contribution in [1.29, 1.82) is 0 Å². The molecule has 3 aromatic heterocycles. The molecule has 0 unspecified atom stereocenters. The van der Waals surface area contributed by atoms with E-state index in [1.807, 2.05) is 25.8 Å². The molecule has 0 fully saturated rings. The zero-order chi connectivity index (χ0) is 23.9. The number of carbonyl (C=O) groups excluding carboxylic acids is 1. The van der Waals surface area contributed by atoms with Crippen molar-refractivity contribution in [3.8, 4) is 0 Å². The van der Waals surface area contributed by atoms with Gasteiger partial charge in [-0.2, -0.15) is 23.3 Å². The number of aryl methyl sites for hydroxylation is 1. The third-order valence-corrected chi connectivity index (χ3v) is 5.58. The smallest absolute Gasteiger partial charge is 0.350 e. The maximum absolute atomic E-state index is 12.7. The minimum absolute atomic E-state index is 0.0203. The summed E-state index contributed by atoms with van der Waals surface area (Å²) in [5.41, 5.74) is 1.90. The first kappa shape index (κ1) is 22.5. The van der Waals surface area contributed by atoms with Crippen LogP contribution < -0.4 is 15.1 Å². The molecule has 1 N–H and O–H groups in total. The number of pyridine rings is 1. The van der Waals surface area contributed by atoms with E-state index >= 15 is 0 Å². The van der Waals surface area contributed by atoms with Crippen molar-refractivity contribution in [1.82, 2.24) is 24.7 Å². The van der Waals surface area contributed by atoms with E-state index < -0.39 is 11.9 Å². The van der Waals surface area contributed by atoms with Crippen molar-refractivity contribution < 1.29 is 18.0 Å². The molecule has 12 heteroatoms. The molecule has 0 radical (unpaired) electrons. The summed E-state index contributed by atoms with van der Waals surface area (Å²) in [6.45, 7) is 4.35. The second kappa shape index (κ2) is 8.34. The predicted octanol–water partition coefficient (Wildman–Crippen LogP) is 2.86. The van der Waals surface area contributed by atoms with Gasteiger partial charge >= 0.3 is 6.18 Å². The van der Waals surface area contributed by atoms with Crippen LogP contribution in [0.2, 0.25) is 0 Å². The zero-order valence-electron chi connectivity index (χ0n) is 18.6. The van der Waals surface area contributed by atoms with Gasteiger partial charge in [-0.25, -0.2) is 4.98 Å². The Morgan fingerprint density at radius 2 is 1.88 bits per heavy atom. The summed E-state index contributed by atoms with van der Waals surface area (Å²) >= 11 is 0. The number of hydrogen-bond acceptors (Lipinski definition) is 7. The van der Waals surface area contributed by atoms with Crippen molar-refractivity contribution in [2.24, 2.45) is 0 Å². The molecule has 0 saturated carbocycles. The number of anilines is 3. The lowest BCUT2D eigenvalue weighted by Gasteiger charge is -2.37. The molecule has 9 nitrogen and oxygen atoms in total. The van der Waals surface area contributed by atoms with Gasteiger partial charge in [-0.1, -0.05) is 6.07 Å². The number of rotatable bonds is 5. The highest BCUT2D eigenvalue weighted by atomic mass is 19.4. The summed E-state index contributed by atoms with van der Waals surface area (Å²) in [5, 5.41) is 7.43. The van der Waals surface area contributed by atoms with E-state index in [1.165, 1.54) is 12.3 Å². The summed E-state index contributed by atoms with van der Waals surface area (Å²) in [4.78, 5) is 28.3. The molecule has 4 rings (SSSR count). The fourth-order valence-electron chi connectivity index (χ4n) is 3.65. The normalized spacial score (nSPS) is 16.2. The number of nitrogens with one attached hydrogen (secondary N) is 1. The van der Waals surface area contributed by atoms with Crippen LogP contribution in [0.3, 0.4) is 0 Å². The van der Waals surface area contributed by atoms with Crippen LogP contribution in [0.5, 0.6) is 0 Å². The Balaban J connectivity index is 1.44. The summed E-state index contributed by atoms with van der Waals surface area (Å²) in [6, 6.07) is 2.01. The van der Waals surface area contributed by atoms with Gasteiger partial charge in [0.05, 0.1) is 18.4 Å². The minimum atomic E-state index is -4.46. The second-order valence-corrected chi connectivity index (χ2v) is 7.94. The van der Waals surface area contributed by atoms with E-state index in [0.717, 1.165) is 11.6 Å². The topological polar surface area (TPSA) is 92.1 Å². The van der Waals surface area contributed by atoms with Gasteiger partial charge in [0.25, 0.3) is 0 Å². The maximum Gasteiger partial charge on any atom is 0.433 e. The monoisotopic (exact) mass is 460 g/mol. The Kier molecular flexibility index (Phi) is 5.68. The van der Waals surface area contributed by atoms with Crippen molar-refractivity contribution in [2.75, 3.05) is 29.2 Å². The molecular formula is C21H23F3N8O. The third-order valence-electron chi connectivity index (χ3n) is 5.58. The van der Waals surface area contributed by atoms with Gasteiger partial charge in [0.1, 0.15) is 17.4 Å². The lowest BCUT2D eigenvalue weighted by molar-refractivity contribution is -0.141. The summed E-state index contributed by atoms with van der Waals surface area (Å²) in [6.07, 6.45) is 0.191. The number of carbonyl (C=O) groups is 1. The highest BCUT2D eigenvalue weighted by molar-refractivity contribution is 6.04.